The lowest BCUT2D eigenvalue weighted by Gasteiger charge is -2.33. The highest BCUT2D eigenvalue weighted by atomic mass is 19.1. The monoisotopic (exact) mass is 463 g/mol. The Labute approximate surface area is 197 Å². The third kappa shape index (κ3) is 5.84. The fourth-order valence-electron chi connectivity index (χ4n) is 4.35. The molecule has 34 heavy (non-hydrogen) atoms. The lowest BCUT2D eigenvalue weighted by atomic mass is 9.94. The molecule has 1 aliphatic rings. The van der Waals surface area contributed by atoms with Gasteiger partial charge in [0.25, 0.3) is 5.91 Å². The summed E-state index contributed by atoms with van der Waals surface area (Å²) in [5, 5.41) is 3.11. The van der Waals surface area contributed by atoms with Crippen molar-refractivity contribution >= 4 is 11.8 Å². The van der Waals surface area contributed by atoms with E-state index < -0.39 is 23.6 Å². The van der Waals surface area contributed by atoms with Crippen LogP contribution in [0.5, 0.6) is 0 Å². The Balaban J connectivity index is 1.73. The third-order valence-electron chi connectivity index (χ3n) is 6.11. The van der Waals surface area contributed by atoms with E-state index in [2.05, 4.69) is 10.3 Å². The highest BCUT2D eigenvalue weighted by Crippen LogP contribution is 2.27. The first kappa shape index (κ1) is 23.5. The molecule has 0 aliphatic heterocycles. The Morgan fingerprint density at radius 3 is 2.18 bits per heavy atom. The molecule has 2 amide bonds. The summed E-state index contributed by atoms with van der Waals surface area (Å²) in [4.78, 5) is 32.9. The molecule has 2 aromatic carbocycles. The van der Waals surface area contributed by atoms with Gasteiger partial charge in [0.1, 0.15) is 23.4 Å². The largest absolute Gasteiger partial charge is 0.351 e. The molecule has 1 fully saturated rings. The maximum atomic E-state index is 13.7. The molecule has 0 spiro atoms. The highest BCUT2D eigenvalue weighted by molar-refractivity contribution is 5.96. The SMILES string of the molecule is O=C(NC1CCCCC1)[C@H](c1ccc(F)cc1)N(Cc1ccc(F)cc1)C(=O)c1ccccn1. The van der Waals surface area contributed by atoms with Gasteiger partial charge in [-0.05, 0) is 60.4 Å². The molecule has 0 bridgehead atoms. The van der Waals surface area contributed by atoms with Crippen LogP contribution in [0.15, 0.2) is 72.9 Å². The van der Waals surface area contributed by atoms with E-state index in [-0.39, 0.29) is 24.2 Å². The van der Waals surface area contributed by atoms with Gasteiger partial charge < -0.3 is 10.2 Å². The Bertz CT molecular complexity index is 1100. The lowest BCUT2D eigenvalue weighted by Crippen LogP contribution is -2.47. The van der Waals surface area contributed by atoms with Crippen LogP contribution in [-0.2, 0) is 11.3 Å². The van der Waals surface area contributed by atoms with E-state index in [0.29, 0.717) is 11.1 Å². The van der Waals surface area contributed by atoms with Crippen LogP contribution in [0.2, 0.25) is 0 Å². The smallest absolute Gasteiger partial charge is 0.273 e. The van der Waals surface area contributed by atoms with Crippen molar-refractivity contribution in [3.63, 3.8) is 0 Å². The van der Waals surface area contributed by atoms with Crippen LogP contribution in [0.25, 0.3) is 0 Å². The van der Waals surface area contributed by atoms with Crippen molar-refractivity contribution in [3.05, 3.63) is 101 Å². The first-order valence-electron chi connectivity index (χ1n) is 11.5. The van der Waals surface area contributed by atoms with E-state index >= 15 is 0 Å². The summed E-state index contributed by atoms with van der Waals surface area (Å²) in [6.45, 7) is 0.0514. The fraction of sp³-hybridized carbons (Fsp3) is 0.296. The maximum absolute atomic E-state index is 13.7. The molecule has 5 nitrogen and oxygen atoms in total. The van der Waals surface area contributed by atoms with Crippen LogP contribution in [-0.4, -0.2) is 27.7 Å². The van der Waals surface area contributed by atoms with E-state index in [1.807, 2.05) is 0 Å². The Hall–Kier alpha value is -3.61. The minimum atomic E-state index is -1.01. The van der Waals surface area contributed by atoms with Gasteiger partial charge in [0.2, 0.25) is 5.91 Å². The molecule has 4 rings (SSSR count). The number of carbonyl (C=O) groups is 2. The van der Waals surface area contributed by atoms with Crippen molar-refractivity contribution in [3.8, 4) is 0 Å². The van der Waals surface area contributed by atoms with Crippen LogP contribution >= 0.6 is 0 Å². The van der Waals surface area contributed by atoms with Crippen molar-refractivity contribution in [1.82, 2.24) is 15.2 Å². The number of hydrogen-bond acceptors (Lipinski definition) is 3. The van der Waals surface area contributed by atoms with Gasteiger partial charge in [-0.1, -0.05) is 49.6 Å². The molecule has 1 aromatic heterocycles. The molecule has 1 atom stereocenters. The van der Waals surface area contributed by atoms with Crippen molar-refractivity contribution in [2.24, 2.45) is 0 Å². The van der Waals surface area contributed by atoms with Gasteiger partial charge in [0.05, 0.1) is 0 Å². The second-order valence-corrected chi connectivity index (χ2v) is 8.57. The molecule has 1 N–H and O–H groups in total. The zero-order chi connectivity index (χ0) is 23.9. The summed E-state index contributed by atoms with van der Waals surface area (Å²) in [6.07, 6.45) is 6.50. The lowest BCUT2D eigenvalue weighted by molar-refractivity contribution is -0.127. The summed E-state index contributed by atoms with van der Waals surface area (Å²) < 4.78 is 27.2. The molecule has 7 heteroatoms. The van der Waals surface area contributed by atoms with Crippen LogP contribution in [0.4, 0.5) is 8.78 Å². The van der Waals surface area contributed by atoms with Crippen LogP contribution in [0.1, 0.15) is 59.8 Å². The second-order valence-electron chi connectivity index (χ2n) is 8.57. The van der Waals surface area contributed by atoms with Crippen molar-refractivity contribution in [2.75, 3.05) is 0 Å². The van der Waals surface area contributed by atoms with Crippen LogP contribution < -0.4 is 5.32 Å². The second kappa shape index (κ2) is 11.0. The predicted octanol–water partition coefficient (Wildman–Crippen LogP) is 5.19. The van der Waals surface area contributed by atoms with E-state index in [1.54, 1.807) is 30.3 Å². The Kier molecular flexibility index (Phi) is 7.62. The van der Waals surface area contributed by atoms with Gasteiger partial charge in [0, 0.05) is 18.8 Å². The van der Waals surface area contributed by atoms with Crippen LogP contribution in [0, 0.1) is 11.6 Å². The molecule has 176 valence electrons. The topological polar surface area (TPSA) is 62.3 Å². The Morgan fingerprint density at radius 2 is 1.56 bits per heavy atom. The third-order valence-corrected chi connectivity index (χ3v) is 6.11. The number of nitrogens with one attached hydrogen (secondary N) is 1. The number of aromatic nitrogens is 1. The number of carbonyl (C=O) groups excluding carboxylic acids is 2. The summed E-state index contributed by atoms with van der Waals surface area (Å²) in [7, 11) is 0. The number of rotatable bonds is 7. The number of benzene rings is 2. The van der Waals surface area contributed by atoms with Crippen molar-refractivity contribution in [2.45, 2.75) is 50.7 Å². The zero-order valence-electron chi connectivity index (χ0n) is 18.8. The highest BCUT2D eigenvalue weighted by Gasteiger charge is 2.34. The normalized spacial score (nSPS) is 14.9. The summed E-state index contributed by atoms with van der Waals surface area (Å²) >= 11 is 0. The van der Waals surface area contributed by atoms with E-state index in [0.717, 1.165) is 32.1 Å². The average Bonchev–Trinajstić information content (AvgIpc) is 2.86. The first-order valence-corrected chi connectivity index (χ1v) is 11.5. The van der Waals surface area contributed by atoms with Crippen molar-refractivity contribution < 1.29 is 18.4 Å². The molecule has 1 aliphatic carbocycles. The quantitative estimate of drug-likeness (QED) is 0.524. The average molecular weight is 464 g/mol. The maximum Gasteiger partial charge on any atom is 0.273 e. The zero-order valence-corrected chi connectivity index (χ0v) is 18.8. The van der Waals surface area contributed by atoms with E-state index in [4.69, 9.17) is 0 Å². The number of nitrogens with zero attached hydrogens (tertiary/aromatic N) is 2. The minimum Gasteiger partial charge on any atom is -0.351 e. The van der Waals surface area contributed by atoms with Gasteiger partial charge in [-0.2, -0.15) is 0 Å². The van der Waals surface area contributed by atoms with Gasteiger partial charge in [0.15, 0.2) is 0 Å². The molecule has 1 heterocycles. The summed E-state index contributed by atoms with van der Waals surface area (Å²) in [5.74, 6) is -1.60. The Morgan fingerprint density at radius 1 is 0.912 bits per heavy atom. The van der Waals surface area contributed by atoms with E-state index in [1.165, 1.54) is 47.5 Å². The number of halogens is 2. The molecule has 0 saturated heterocycles. The molecule has 3 aromatic rings. The molecule has 0 unspecified atom stereocenters. The summed E-state index contributed by atoms with van der Waals surface area (Å²) in [6, 6.07) is 15.4. The molecule has 1 saturated carbocycles. The number of hydrogen-bond donors (Lipinski definition) is 1. The van der Waals surface area contributed by atoms with Crippen LogP contribution in [0.3, 0.4) is 0 Å². The summed E-state index contributed by atoms with van der Waals surface area (Å²) in [5.41, 5.74) is 1.33. The first-order chi connectivity index (χ1) is 16.5. The van der Waals surface area contributed by atoms with E-state index in [9.17, 15) is 18.4 Å². The van der Waals surface area contributed by atoms with Gasteiger partial charge >= 0.3 is 0 Å². The molecular formula is C27H27F2N3O2. The predicted molar refractivity (Wildman–Crippen MR) is 125 cm³/mol. The standard InChI is InChI=1S/C27H27F2N3O2/c28-21-13-9-19(10-14-21)18-32(27(34)24-8-4-5-17-30-24)25(20-11-15-22(29)16-12-20)26(33)31-23-6-2-1-3-7-23/h4-5,8-17,23,25H,1-3,6-7,18H2,(H,31,33)/t25-/m0/s1. The van der Waals surface area contributed by atoms with Crippen molar-refractivity contribution in [1.29, 1.82) is 0 Å². The minimum absolute atomic E-state index is 0.0295. The van der Waals surface area contributed by atoms with Gasteiger partial charge in [-0.15, -0.1) is 0 Å². The molecule has 0 radical (unpaired) electrons. The fourth-order valence-corrected chi connectivity index (χ4v) is 4.35. The number of amides is 2. The van der Waals surface area contributed by atoms with Gasteiger partial charge in [-0.25, -0.2) is 8.78 Å². The number of pyridine rings is 1. The van der Waals surface area contributed by atoms with Gasteiger partial charge in [-0.3, -0.25) is 14.6 Å². The molecular weight excluding hydrogens is 436 g/mol.